The normalized spacial score (nSPS) is 14.7. The average Bonchev–Trinajstić information content (AvgIpc) is 3.44. The van der Waals surface area contributed by atoms with Crippen LogP contribution < -0.4 is 0 Å². The molecule has 0 amide bonds. The lowest BCUT2D eigenvalue weighted by Gasteiger charge is -2.39. The first-order chi connectivity index (χ1) is 15.7. The predicted molar refractivity (Wildman–Crippen MR) is 118 cm³/mol. The van der Waals surface area contributed by atoms with Crippen LogP contribution >= 0.6 is 7.82 Å². The number of hydrogen-bond donors (Lipinski definition) is 2. The molecule has 33 heavy (non-hydrogen) atoms. The molecular formula is C22H23FN5O4P. The fraction of sp³-hybridized carbons (Fsp3) is 0.227. The van der Waals surface area contributed by atoms with Crippen LogP contribution in [0, 0.1) is 5.82 Å². The van der Waals surface area contributed by atoms with Crippen molar-refractivity contribution < 1.29 is 23.3 Å². The van der Waals surface area contributed by atoms with Gasteiger partial charge in [0.05, 0.1) is 12.2 Å². The van der Waals surface area contributed by atoms with Crippen LogP contribution in [-0.4, -0.2) is 34.3 Å². The minimum atomic E-state index is -4.98. The number of hydrogen-bond acceptors (Lipinski definition) is 5. The predicted octanol–water partition coefficient (Wildman–Crippen LogP) is 3.63. The third-order valence-corrected chi connectivity index (χ3v) is 6.27. The van der Waals surface area contributed by atoms with Gasteiger partial charge in [-0.1, -0.05) is 43.3 Å². The van der Waals surface area contributed by atoms with Crippen molar-refractivity contribution in [3.05, 3.63) is 90.4 Å². The number of nitrogens with zero attached hydrogens (tertiary/aromatic N) is 5. The molecule has 11 heteroatoms. The van der Waals surface area contributed by atoms with Gasteiger partial charge in [0.25, 0.3) is 0 Å². The minimum absolute atomic E-state index is 0.0611. The molecule has 0 saturated carbocycles. The maximum absolute atomic E-state index is 13.7. The maximum Gasteiger partial charge on any atom is 0.470 e. The molecule has 0 bridgehead atoms. The molecule has 4 aromatic rings. The number of aromatic nitrogens is 5. The summed E-state index contributed by atoms with van der Waals surface area (Å²) in [5, 5.41) is 8.28. The van der Waals surface area contributed by atoms with Gasteiger partial charge < -0.3 is 9.79 Å². The smallest absolute Gasteiger partial charge is 0.303 e. The molecule has 2 N–H and O–H groups in total. The zero-order chi connectivity index (χ0) is 23.6. The third kappa shape index (κ3) is 4.94. The fourth-order valence-corrected chi connectivity index (χ4v) is 4.75. The van der Waals surface area contributed by atoms with E-state index in [2.05, 4.69) is 15.2 Å². The lowest BCUT2D eigenvalue weighted by Crippen LogP contribution is -2.39. The Labute approximate surface area is 189 Å². The zero-order valence-electron chi connectivity index (χ0n) is 18.0. The van der Waals surface area contributed by atoms with Gasteiger partial charge in [-0.3, -0.25) is 9.21 Å². The van der Waals surface area contributed by atoms with E-state index in [9.17, 15) is 18.7 Å². The summed E-state index contributed by atoms with van der Waals surface area (Å²) in [5.41, 5.74) is 1.44. The number of rotatable bonds is 8. The molecule has 172 valence electrons. The van der Waals surface area contributed by atoms with Crippen molar-refractivity contribution in [2.45, 2.75) is 25.0 Å². The van der Waals surface area contributed by atoms with Gasteiger partial charge in [-0.15, -0.1) is 0 Å². The molecule has 0 spiro atoms. The fourth-order valence-electron chi connectivity index (χ4n) is 4.01. The Morgan fingerprint density at radius 2 is 1.79 bits per heavy atom. The van der Waals surface area contributed by atoms with Crippen LogP contribution in [0.4, 0.5) is 4.39 Å². The Hall–Kier alpha value is -3.17. The number of halogens is 1. The first-order valence-corrected chi connectivity index (χ1v) is 11.6. The van der Waals surface area contributed by atoms with Crippen LogP contribution in [0.5, 0.6) is 0 Å². The molecule has 2 heterocycles. The van der Waals surface area contributed by atoms with E-state index < -0.39 is 25.2 Å². The molecule has 9 nitrogen and oxygen atoms in total. The average molecular weight is 471 g/mol. The highest BCUT2D eigenvalue weighted by Crippen LogP contribution is 2.52. The molecule has 2 atom stereocenters. The summed E-state index contributed by atoms with van der Waals surface area (Å²) in [7, 11) is -3.13. The Kier molecular flexibility index (Phi) is 6.27. The molecular weight excluding hydrogens is 448 g/mol. The van der Waals surface area contributed by atoms with Crippen LogP contribution in [0.15, 0.2) is 73.4 Å². The highest BCUT2D eigenvalue weighted by molar-refractivity contribution is 7.46. The number of benzene rings is 2. The van der Waals surface area contributed by atoms with Crippen LogP contribution in [0.2, 0.25) is 0 Å². The van der Waals surface area contributed by atoms with Crippen molar-refractivity contribution in [1.29, 1.82) is 0 Å². The van der Waals surface area contributed by atoms with E-state index in [1.165, 1.54) is 41.6 Å². The summed E-state index contributed by atoms with van der Waals surface area (Å²) in [5.74, 6) is -1.04. The van der Waals surface area contributed by atoms with Crippen LogP contribution in [0.3, 0.4) is 0 Å². The molecule has 0 radical (unpaired) electrons. The summed E-state index contributed by atoms with van der Waals surface area (Å²) < 4.78 is 34.5. The van der Waals surface area contributed by atoms with Gasteiger partial charge in [-0.2, -0.15) is 10.2 Å². The monoisotopic (exact) mass is 471 g/mol. The Balaban J connectivity index is 1.82. The van der Waals surface area contributed by atoms with E-state index in [4.69, 9.17) is 4.52 Å². The topological polar surface area (TPSA) is 115 Å². The standard InChI is InChI=1S/C22H23FN5O4P/c1-16(17-3-5-18(6-4-17)21-11-12-25-27(21)2)22(32-33(29,30)31,13-28-15-24-14-26-28)19-7-9-20(23)10-8-19/h3-12,14-16H,13H2,1-2H3,(H2,29,30,31)/t16-,22+/m0/s1. The number of aryl methyl sites for hydroxylation is 1. The van der Waals surface area contributed by atoms with Crippen molar-refractivity contribution in [2.75, 3.05) is 0 Å². The molecule has 2 aromatic carbocycles. The molecule has 0 unspecified atom stereocenters. The minimum Gasteiger partial charge on any atom is -0.303 e. The first-order valence-electron chi connectivity index (χ1n) is 10.1. The highest BCUT2D eigenvalue weighted by atomic mass is 31.2. The molecule has 0 saturated heterocycles. The van der Waals surface area contributed by atoms with Gasteiger partial charge in [-0.25, -0.2) is 18.6 Å². The van der Waals surface area contributed by atoms with Crippen molar-refractivity contribution in [3.63, 3.8) is 0 Å². The second kappa shape index (κ2) is 8.99. The van der Waals surface area contributed by atoms with Gasteiger partial charge in [0.1, 0.15) is 24.1 Å². The zero-order valence-corrected chi connectivity index (χ0v) is 18.9. The molecule has 2 aromatic heterocycles. The van der Waals surface area contributed by atoms with Crippen LogP contribution in [0.25, 0.3) is 11.3 Å². The summed E-state index contributed by atoms with van der Waals surface area (Å²) in [6.07, 6.45) is 4.46. The Bertz CT molecular complexity index is 1250. The quantitative estimate of drug-likeness (QED) is 0.377. The van der Waals surface area contributed by atoms with E-state index in [0.29, 0.717) is 5.56 Å². The largest absolute Gasteiger partial charge is 0.470 e. The van der Waals surface area contributed by atoms with Gasteiger partial charge in [-0.05, 0) is 34.9 Å². The Morgan fingerprint density at radius 3 is 2.33 bits per heavy atom. The van der Waals surface area contributed by atoms with Crippen LogP contribution in [0.1, 0.15) is 24.0 Å². The highest BCUT2D eigenvalue weighted by Gasteiger charge is 2.46. The molecule has 0 aliphatic rings. The summed E-state index contributed by atoms with van der Waals surface area (Å²) in [6.45, 7) is 1.74. The maximum atomic E-state index is 13.7. The van der Waals surface area contributed by atoms with Crippen molar-refractivity contribution in [2.24, 2.45) is 7.05 Å². The third-order valence-electron chi connectivity index (χ3n) is 5.70. The lowest BCUT2D eigenvalue weighted by molar-refractivity contribution is -0.00789. The summed E-state index contributed by atoms with van der Waals surface area (Å²) in [4.78, 5) is 23.6. The first kappa shape index (κ1) is 23.0. The van der Waals surface area contributed by atoms with E-state index in [-0.39, 0.29) is 6.54 Å². The summed E-state index contributed by atoms with van der Waals surface area (Å²) in [6, 6.07) is 14.8. The van der Waals surface area contributed by atoms with Gasteiger partial charge in [0.15, 0.2) is 0 Å². The molecule has 0 aliphatic carbocycles. The van der Waals surface area contributed by atoms with Crippen molar-refractivity contribution >= 4 is 7.82 Å². The number of phosphoric ester groups is 1. The van der Waals surface area contributed by atoms with Crippen molar-refractivity contribution in [1.82, 2.24) is 24.5 Å². The van der Waals surface area contributed by atoms with E-state index >= 15 is 0 Å². The van der Waals surface area contributed by atoms with E-state index in [1.54, 1.807) is 17.8 Å². The molecule has 4 rings (SSSR count). The van der Waals surface area contributed by atoms with E-state index in [1.807, 2.05) is 37.4 Å². The summed E-state index contributed by atoms with van der Waals surface area (Å²) >= 11 is 0. The van der Waals surface area contributed by atoms with Crippen LogP contribution in [-0.2, 0) is 28.3 Å². The second-order valence-electron chi connectivity index (χ2n) is 7.76. The second-order valence-corrected chi connectivity index (χ2v) is 8.92. The van der Waals surface area contributed by atoms with Gasteiger partial charge >= 0.3 is 7.82 Å². The molecule has 0 aliphatic heterocycles. The number of phosphoric acid groups is 1. The van der Waals surface area contributed by atoms with Gasteiger partial charge in [0.2, 0.25) is 0 Å². The Morgan fingerprint density at radius 1 is 1.09 bits per heavy atom. The van der Waals surface area contributed by atoms with Gasteiger partial charge in [0, 0.05) is 19.2 Å². The van der Waals surface area contributed by atoms with Crippen molar-refractivity contribution in [3.8, 4) is 11.3 Å². The molecule has 0 fully saturated rings. The lowest BCUT2D eigenvalue weighted by atomic mass is 9.78. The van der Waals surface area contributed by atoms with E-state index in [0.717, 1.165) is 16.8 Å². The SMILES string of the molecule is C[C@@H](c1ccc(-c2ccnn2C)cc1)[C@@](Cn1cncn1)(OP(=O)(O)O)c1ccc(F)cc1.